The van der Waals surface area contributed by atoms with E-state index in [9.17, 15) is 4.79 Å². The Bertz CT molecular complexity index is 391. The summed E-state index contributed by atoms with van der Waals surface area (Å²) in [7, 11) is 0. The van der Waals surface area contributed by atoms with Crippen LogP contribution in [0.1, 0.15) is 55.1 Å². The fraction of sp³-hybridized carbons (Fsp3) is 0.692. The largest absolute Gasteiger partial charge is 0.351 e. The molecule has 2 N–H and O–H groups in total. The van der Waals surface area contributed by atoms with Crippen molar-refractivity contribution in [2.75, 3.05) is 6.54 Å². The number of amides is 1. The molecule has 1 amide bonds. The highest BCUT2D eigenvalue weighted by molar-refractivity contribution is 5.94. The van der Waals surface area contributed by atoms with Crippen molar-refractivity contribution >= 4 is 5.91 Å². The molecule has 17 heavy (non-hydrogen) atoms. The fourth-order valence-corrected chi connectivity index (χ4v) is 2.72. The van der Waals surface area contributed by atoms with E-state index in [0.29, 0.717) is 11.0 Å². The van der Waals surface area contributed by atoms with Crippen molar-refractivity contribution in [3.63, 3.8) is 0 Å². The van der Waals surface area contributed by atoms with E-state index < -0.39 is 0 Å². The lowest BCUT2D eigenvalue weighted by Gasteiger charge is -2.27. The number of H-pyrrole nitrogens is 1. The van der Waals surface area contributed by atoms with Crippen LogP contribution in [0.2, 0.25) is 0 Å². The molecule has 0 aliphatic heterocycles. The minimum atomic E-state index is -0.00373. The first-order valence-electron chi connectivity index (χ1n) is 6.45. The molecule has 0 radical (unpaired) electrons. The average molecular weight is 235 g/mol. The Labute approximate surface area is 102 Å². The average Bonchev–Trinajstić information content (AvgIpc) is 2.95. The van der Waals surface area contributed by atoms with Crippen LogP contribution in [0.4, 0.5) is 0 Å². The normalized spacial score (nSPS) is 18.2. The van der Waals surface area contributed by atoms with Crippen molar-refractivity contribution in [1.82, 2.24) is 15.5 Å². The second kappa shape index (κ2) is 4.90. The third-order valence-electron chi connectivity index (χ3n) is 4.11. The van der Waals surface area contributed by atoms with Crippen LogP contribution < -0.4 is 5.32 Å². The van der Waals surface area contributed by atoms with Crippen molar-refractivity contribution in [1.29, 1.82) is 0 Å². The second-order valence-electron chi connectivity index (χ2n) is 5.15. The molecule has 0 saturated heterocycles. The molecule has 0 bridgehead atoms. The second-order valence-corrected chi connectivity index (χ2v) is 5.15. The maximum Gasteiger partial charge on any atom is 0.254 e. The summed E-state index contributed by atoms with van der Waals surface area (Å²) in [4.78, 5) is 12.0. The van der Waals surface area contributed by atoms with Gasteiger partial charge < -0.3 is 5.32 Å². The smallest absolute Gasteiger partial charge is 0.254 e. The number of nitrogens with one attached hydrogen (secondary N) is 2. The lowest BCUT2D eigenvalue weighted by Crippen LogP contribution is -2.35. The fourth-order valence-electron chi connectivity index (χ4n) is 2.72. The van der Waals surface area contributed by atoms with Crippen LogP contribution in [0.25, 0.3) is 0 Å². The van der Waals surface area contributed by atoms with Gasteiger partial charge in [-0.3, -0.25) is 9.89 Å². The Hall–Kier alpha value is -1.32. The monoisotopic (exact) mass is 235 g/mol. The molecular formula is C13H21N3O. The molecule has 1 aromatic heterocycles. The molecule has 0 aromatic carbocycles. The van der Waals surface area contributed by atoms with Crippen molar-refractivity contribution in [2.45, 2.75) is 46.0 Å². The Morgan fingerprint density at radius 3 is 2.76 bits per heavy atom. The molecule has 1 aromatic rings. The van der Waals surface area contributed by atoms with Crippen LogP contribution in [-0.4, -0.2) is 22.6 Å². The highest BCUT2D eigenvalue weighted by Crippen LogP contribution is 2.40. The number of rotatable bonds is 4. The Kier molecular flexibility index (Phi) is 3.50. The first kappa shape index (κ1) is 12.1. The minimum Gasteiger partial charge on any atom is -0.351 e. The molecule has 1 aliphatic carbocycles. The van der Waals surface area contributed by atoms with Gasteiger partial charge in [0, 0.05) is 12.2 Å². The molecule has 1 saturated carbocycles. The molecule has 0 atom stereocenters. The van der Waals surface area contributed by atoms with Crippen molar-refractivity contribution in [3.8, 4) is 0 Å². The van der Waals surface area contributed by atoms with E-state index in [2.05, 4.69) is 22.4 Å². The van der Waals surface area contributed by atoms with Crippen molar-refractivity contribution < 1.29 is 4.79 Å². The van der Waals surface area contributed by atoms with E-state index in [4.69, 9.17) is 0 Å². The minimum absolute atomic E-state index is 0.00373. The molecule has 1 aliphatic rings. The number of aromatic amines is 1. The van der Waals surface area contributed by atoms with Gasteiger partial charge in [0.25, 0.3) is 5.91 Å². The predicted octanol–water partition coefficient (Wildman–Crippen LogP) is 2.42. The zero-order chi connectivity index (χ0) is 12.3. The maximum absolute atomic E-state index is 12.0. The van der Waals surface area contributed by atoms with E-state index in [1.54, 1.807) is 6.20 Å². The lowest BCUT2D eigenvalue weighted by molar-refractivity contribution is 0.0928. The molecular weight excluding hydrogens is 214 g/mol. The molecule has 1 heterocycles. The standard InChI is InChI=1S/C13H21N3O/c1-3-13(6-4-5-7-13)9-14-12(17)11-8-15-16-10(11)2/h8H,3-7,9H2,1-2H3,(H,14,17)(H,15,16). The first-order chi connectivity index (χ1) is 8.17. The van der Waals surface area contributed by atoms with Crippen molar-refractivity contribution in [3.05, 3.63) is 17.5 Å². The number of hydrogen-bond donors (Lipinski definition) is 2. The molecule has 0 unspecified atom stereocenters. The summed E-state index contributed by atoms with van der Waals surface area (Å²) in [6.45, 7) is 4.89. The van der Waals surface area contributed by atoms with Gasteiger partial charge in [0.1, 0.15) is 0 Å². The number of aromatic nitrogens is 2. The molecule has 4 nitrogen and oxygen atoms in total. The lowest BCUT2D eigenvalue weighted by atomic mass is 9.83. The summed E-state index contributed by atoms with van der Waals surface area (Å²) in [6.07, 6.45) is 7.83. The summed E-state index contributed by atoms with van der Waals surface area (Å²) in [6, 6.07) is 0. The molecule has 94 valence electrons. The van der Waals surface area contributed by atoms with Crippen LogP contribution in [0.3, 0.4) is 0 Å². The maximum atomic E-state index is 12.0. The number of hydrogen-bond acceptors (Lipinski definition) is 2. The van der Waals surface area contributed by atoms with E-state index in [1.807, 2.05) is 6.92 Å². The molecule has 0 spiro atoms. The van der Waals surface area contributed by atoms with Gasteiger partial charge in [-0.1, -0.05) is 19.8 Å². The Morgan fingerprint density at radius 1 is 1.53 bits per heavy atom. The zero-order valence-electron chi connectivity index (χ0n) is 10.7. The van der Waals surface area contributed by atoms with E-state index in [0.717, 1.165) is 18.7 Å². The quantitative estimate of drug-likeness (QED) is 0.842. The first-order valence-corrected chi connectivity index (χ1v) is 6.45. The zero-order valence-corrected chi connectivity index (χ0v) is 10.7. The van der Waals surface area contributed by atoms with E-state index >= 15 is 0 Å². The molecule has 4 heteroatoms. The molecule has 1 fully saturated rings. The summed E-state index contributed by atoms with van der Waals surface area (Å²) in [5, 5.41) is 9.73. The van der Waals surface area contributed by atoms with Gasteiger partial charge in [-0.2, -0.15) is 5.10 Å². The Balaban J connectivity index is 1.94. The predicted molar refractivity (Wildman–Crippen MR) is 66.8 cm³/mol. The summed E-state index contributed by atoms with van der Waals surface area (Å²) >= 11 is 0. The Morgan fingerprint density at radius 2 is 2.24 bits per heavy atom. The van der Waals surface area contributed by atoms with Crippen LogP contribution in [-0.2, 0) is 0 Å². The number of aryl methyl sites for hydroxylation is 1. The number of nitrogens with zero attached hydrogens (tertiary/aromatic N) is 1. The van der Waals surface area contributed by atoms with E-state index in [-0.39, 0.29) is 5.91 Å². The van der Waals surface area contributed by atoms with Crippen LogP contribution in [0.5, 0.6) is 0 Å². The van der Waals surface area contributed by atoms with Crippen LogP contribution in [0.15, 0.2) is 6.20 Å². The summed E-state index contributed by atoms with van der Waals surface area (Å²) in [5.41, 5.74) is 1.83. The number of carbonyl (C=O) groups is 1. The summed E-state index contributed by atoms with van der Waals surface area (Å²) < 4.78 is 0. The third-order valence-corrected chi connectivity index (χ3v) is 4.11. The van der Waals surface area contributed by atoms with Gasteiger partial charge in [-0.25, -0.2) is 0 Å². The highest BCUT2D eigenvalue weighted by atomic mass is 16.1. The van der Waals surface area contributed by atoms with Gasteiger partial charge in [0.15, 0.2) is 0 Å². The van der Waals surface area contributed by atoms with Gasteiger partial charge in [0.2, 0.25) is 0 Å². The molecule has 2 rings (SSSR count). The van der Waals surface area contributed by atoms with Crippen LogP contribution >= 0.6 is 0 Å². The third kappa shape index (κ3) is 2.51. The van der Waals surface area contributed by atoms with Gasteiger partial charge in [-0.15, -0.1) is 0 Å². The highest BCUT2D eigenvalue weighted by Gasteiger charge is 2.32. The SMILES string of the molecule is CCC1(CNC(=O)c2cn[nH]c2C)CCCC1. The van der Waals surface area contributed by atoms with Crippen molar-refractivity contribution in [2.24, 2.45) is 5.41 Å². The number of carbonyl (C=O) groups excluding carboxylic acids is 1. The van der Waals surface area contributed by atoms with Gasteiger partial charge >= 0.3 is 0 Å². The van der Waals surface area contributed by atoms with E-state index in [1.165, 1.54) is 25.7 Å². The van der Waals surface area contributed by atoms with Gasteiger partial charge in [-0.05, 0) is 31.6 Å². The summed E-state index contributed by atoms with van der Waals surface area (Å²) in [5.74, 6) is -0.00373. The topological polar surface area (TPSA) is 57.8 Å². The van der Waals surface area contributed by atoms with Gasteiger partial charge in [0.05, 0.1) is 11.8 Å². The van der Waals surface area contributed by atoms with Crippen LogP contribution in [0, 0.1) is 12.3 Å².